The molecule has 15 atom stereocenters. The van der Waals surface area contributed by atoms with Crippen LogP contribution in [0.15, 0.2) is 59.8 Å². The van der Waals surface area contributed by atoms with E-state index in [9.17, 15) is 44.1 Å². The van der Waals surface area contributed by atoms with Gasteiger partial charge in [-0.1, -0.05) is 142 Å². The van der Waals surface area contributed by atoms with Gasteiger partial charge >= 0.3 is 29.8 Å². The molecule has 5 fully saturated rings. The molecule has 2 saturated carbocycles. The predicted molar refractivity (Wildman–Crippen MR) is 316 cm³/mol. The van der Waals surface area contributed by atoms with Crippen molar-refractivity contribution in [3.05, 3.63) is 59.8 Å². The van der Waals surface area contributed by atoms with Gasteiger partial charge in [0.25, 0.3) is 6.47 Å². The van der Waals surface area contributed by atoms with Crippen molar-refractivity contribution in [3.63, 3.8) is 0 Å². The van der Waals surface area contributed by atoms with Crippen LogP contribution in [0.3, 0.4) is 0 Å². The summed E-state index contributed by atoms with van der Waals surface area (Å²) < 4.78 is 54.2. The van der Waals surface area contributed by atoms with E-state index in [2.05, 4.69) is 6.92 Å². The number of hydrogen-bond acceptors (Lipinski definition) is 18. The molecular formula is C67H102O18. The topological polar surface area (TPSA) is 246 Å². The molecule has 18 heteroatoms. The van der Waals surface area contributed by atoms with Crippen molar-refractivity contribution in [2.24, 2.45) is 34.5 Å². The monoisotopic (exact) mass is 1190 g/mol. The standard InChI is InChI=1S/C67H102O18/c1-10-12-14-16-21-26-60(72)83-63-51(37-61(73)77-9)36-54-40-57(44(3)79-59(71)25-22-18-15-17-20-24-48-34-50(48)35-49-33-47(49)23-19-13-11-2)82-62(74)39-52(70)38-55-41-58(80-45(4)69)65(7,8)66(75,84-55)42-56-32-46(28-30-78-43-68)31-53(81-56)27-29-64(5,6)67(63,76)85-54/h14,16,21,26-29,37,43-44,47-50,52-58,63,70,75-76H,10-13,15,17-20,22-25,30-36,38-42H2,1-9H3/b16-14+,26-21+,29-27+,46-28+,51-37+/t44-,47?,48?,49?,50?,52-,53+,54+,55?,56+,57-,58+,63+,66+,67-/m1/s1. The average molecular weight is 1200 g/mol. The van der Waals surface area contributed by atoms with E-state index < -0.39 is 114 Å². The Morgan fingerprint density at radius 3 is 2.18 bits per heavy atom. The Kier molecular flexibility index (Phi) is 26.5. The highest BCUT2D eigenvalue weighted by atomic mass is 16.7. The molecule has 0 aromatic rings. The first-order valence-corrected chi connectivity index (χ1v) is 31.9. The fraction of sp³-hybridized carbons (Fsp3) is 0.761. The van der Waals surface area contributed by atoms with Gasteiger partial charge in [-0.25, -0.2) is 9.59 Å². The van der Waals surface area contributed by atoms with E-state index in [4.69, 9.17) is 42.6 Å². The van der Waals surface area contributed by atoms with Crippen LogP contribution >= 0.6 is 0 Å². The second-order valence-electron chi connectivity index (χ2n) is 26.2. The molecule has 4 aliphatic heterocycles. The Hall–Kier alpha value is -4.72. The summed E-state index contributed by atoms with van der Waals surface area (Å²) >= 11 is 0. The van der Waals surface area contributed by atoms with Gasteiger partial charge in [0.2, 0.25) is 5.79 Å². The van der Waals surface area contributed by atoms with Crippen molar-refractivity contribution in [3.8, 4) is 0 Å². The van der Waals surface area contributed by atoms with Crippen molar-refractivity contribution in [2.75, 3.05) is 13.7 Å². The van der Waals surface area contributed by atoms with Gasteiger partial charge in [-0.2, -0.15) is 0 Å². The number of esters is 5. The number of methoxy groups -OCH3 is 1. The molecule has 6 aliphatic rings. The van der Waals surface area contributed by atoms with Gasteiger partial charge in [0, 0.05) is 56.6 Å². The minimum atomic E-state index is -2.49. The van der Waals surface area contributed by atoms with Crippen LogP contribution in [0.25, 0.3) is 0 Å². The maximum atomic E-state index is 14.2. The van der Waals surface area contributed by atoms with Crippen molar-refractivity contribution in [1.82, 2.24) is 0 Å². The zero-order chi connectivity index (χ0) is 62.0. The summed E-state index contributed by atoms with van der Waals surface area (Å²) in [7, 11) is 1.19. The third-order valence-corrected chi connectivity index (χ3v) is 18.6. The van der Waals surface area contributed by atoms with Crippen LogP contribution in [-0.4, -0.2) is 132 Å². The minimum absolute atomic E-state index is 0.0454. The Morgan fingerprint density at radius 1 is 0.788 bits per heavy atom. The number of aliphatic hydroxyl groups is 3. The van der Waals surface area contributed by atoms with E-state index in [-0.39, 0.29) is 63.5 Å². The Morgan fingerprint density at radius 2 is 1.49 bits per heavy atom. The lowest BCUT2D eigenvalue weighted by Crippen LogP contribution is -2.62. The summed E-state index contributed by atoms with van der Waals surface area (Å²) in [5.74, 6) is -4.47. The number of allylic oxidation sites excluding steroid dienone is 3. The SMILES string of the molecule is CCC/C=C/C=C/C(=O)O[C@H]1/C(=C/C(=O)OC)C[C@H]2C[C@H]([C@@H](C)OC(=O)CCCCCCCC3CC3CC3CC3CCCCC)OC(=O)C[C@H](O)CC3C[C@H](OC(C)=O)C(C)(C)[C@](O)(C[C@@H]4C/C(=C/COC=O)C[C@H](/C=C/C(C)(C)[C@]1(O)O2)O4)O3. The quantitative estimate of drug-likeness (QED) is 0.0139. The average Bonchev–Trinajstić information content (AvgIpc) is 1.91. The van der Waals surface area contributed by atoms with E-state index in [0.717, 1.165) is 67.4 Å². The first-order valence-electron chi connectivity index (χ1n) is 31.9. The van der Waals surface area contributed by atoms with E-state index in [1.165, 1.54) is 84.0 Å². The number of rotatable bonds is 26. The number of hydrogen-bond donors (Lipinski definition) is 3. The first-order chi connectivity index (χ1) is 40.4. The van der Waals surface area contributed by atoms with Crippen molar-refractivity contribution >= 4 is 36.3 Å². The molecule has 3 saturated heterocycles. The highest BCUT2D eigenvalue weighted by molar-refractivity contribution is 5.84. The molecule has 6 bridgehead atoms. The van der Waals surface area contributed by atoms with Gasteiger partial charge < -0.3 is 58.0 Å². The van der Waals surface area contributed by atoms with Crippen molar-refractivity contribution in [2.45, 2.75) is 276 Å². The third-order valence-electron chi connectivity index (χ3n) is 18.6. The molecule has 478 valence electrons. The van der Waals surface area contributed by atoms with E-state index >= 15 is 0 Å². The van der Waals surface area contributed by atoms with Crippen LogP contribution in [-0.2, 0) is 71.4 Å². The van der Waals surface area contributed by atoms with Crippen LogP contribution < -0.4 is 0 Å². The lowest BCUT2D eigenvalue weighted by Gasteiger charge is -2.53. The summed E-state index contributed by atoms with van der Waals surface area (Å²) in [5.41, 5.74) is -1.86. The summed E-state index contributed by atoms with van der Waals surface area (Å²) in [6.07, 6.45) is 19.5. The number of aliphatic hydroxyl groups excluding tert-OH is 1. The largest absolute Gasteiger partial charge is 0.466 e. The van der Waals surface area contributed by atoms with Crippen molar-refractivity contribution in [1.29, 1.82) is 0 Å². The molecule has 0 aromatic heterocycles. The summed E-state index contributed by atoms with van der Waals surface area (Å²) in [6, 6.07) is 0. The summed E-state index contributed by atoms with van der Waals surface area (Å²) in [4.78, 5) is 78.6. The van der Waals surface area contributed by atoms with Crippen LogP contribution in [0.2, 0.25) is 0 Å². The van der Waals surface area contributed by atoms with Crippen molar-refractivity contribution < 1.29 is 86.7 Å². The maximum Gasteiger partial charge on any atom is 0.331 e. The Balaban J connectivity index is 1.26. The number of ether oxygens (including phenoxy) is 9. The number of carbonyl (C=O) groups excluding carboxylic acids is 6. The smallest absolute Gasteiger partial charge is 0.331 e. The fourth-order valence-electron chi connectivity index (χ4n) is 13.1. The molecule has 18 nitrogen and oxygen atoms in total. The second-order valence-corrected chi connectivity index (χ2v) is 26.2. The molecular weight excluding hydrogens is 1090 g/mol. The molecule has 0 spiro atoms. The number of fused-ring (bicyclic) bond motifs is 6. The minimum Gasteiger partial charge on any atom is -0.466 e. The zero-order valence-electron chi connectivity index (χ0n) is 52.3. The van der Waals surface area contributed by atoms with Gasteiger partial charge in [-0.05, 0) is 93.6 Å². The zero-order valence-corrected chi connectivity index (χ0v) is 52.3. The number of carbonyl (C=O) groups is 6. The van der Waals surface area contributed by atoms with Gasteiger partial charge in [0.15, 0.2) is 11.9 Å². The molecule has 0 amide bonds. The lowest BCUT2D eigenvalue weighted by atomic mass is 9.70. The highest BCUT2D eigenvalue weighted by Crippen LogP contribution is 2.55. The molecule has 2 aliphatic carbocycles. The summed E-state index contributed by atoms with van der Waals surface area (Å²) in [6.45, 7) is 14.1. The molecule has 0 radical (unpaired) electrons. The lowest BCUT2D eigenvalue weighted by molar-refractivity contribution is -0.348. The van der Waals surface area contributed by atoms with E-state index in [0.29, 0.717) is 12.9 Å². The Bertz CT molecular complexity index is 2370. The molecule has 0 aromatic carbocycles. The molecule has 85 heavy (non-hydrogen) atoms. The van der Waals surface area contributed by atoms with Crippen LogP contribution in [0.4, 0.5) is 0 Å². The van der Waals surface area contributed by atoms with Crippen LogP contribution in [0.5, 0.6) is 0 Å². The van der Waals surface area contributed by atoms with Crippen LogP contribution in [0.1, 0.15) is 209 Å². The van der Waals surface area contributed by atoms with Gasteiger partial charge in [0.1, 0.15) is 24.9 Å². The number of unbranched alkanes of at least 4 members (excludes halogenated alkanes) is 7. The fourth-order valence-corrected chi connectivity index (χ4v) is 13.1. The van der Waals surface area contributed by atoms with Gasteiger partial charge in [-0.15, -0.1) is 0 Å². The van der Waals surface area contributed by atoms with E-state index in [1.54, 1.807) is 58.9 Å². The molecule has 3 N–H and O–H groups in total. The molecule has 5 unspecified atom stereocenters. The third kappa shape index (κ3) is 20.7. The predicted octanol–water partition coefficient (Wildman–Crippen LogP) is 10.8. The number of cyclic esters (lactones) is 1. The Labute approximate surface area is 505 Å². The molecule has 4 heterocycles. The van der Waals surface area contributed by atoms with Crippen LogP contribution in [0, 0.1) is 34.5 Å². The second kappa shape index (κ2) is 32.5. The maximum absolute atomic E-state index is 14.2. The van der Waals surface area contributed by atoms with Gasteiger partial charge in [0.05, 0.1) is 49.5 Å². The van der Waals surface area contributed by atoms with Gasteiger partial charge in [-0.3, -0.25) is 19.2 Å². The first kappa shape index (κ1) is 69.4. The highest BCUT2D eigenvalue weighted by Gasteiger charge is 2.60. The normalized spacial score (nSPS) is 34.6. The summed E-state index contributed by atoms with van der Waals surface area (Å²) in [5, 5.41) is 37.7. The van der Waals surface area contributed by atoms with E-state index in [1.807, 2.05) is 13.0 Å². The molecule has 6 rings (SSSR count).